The first kappa shape index (κ1) is 21.6. The minimum Gasteiger partial charge on any atom is -0.497 e. The number of aromatic nitrogens is 2. The van der Waals surface area contributed by atoms with E-state index in [4.69, 9.17) is 9.47 Å². The van der Waals surface area contributed by atoms with Crippen LogP contribution in [0, 0.1) is 13.8 Å². The van der Waals surface area contributed by atoms with Crippen molar-refractivity contribution in [3.8, 4) is 22.8 Å². The highest BCUT2D eigenvalue weighted by atomic mass is 16.5. The molecule has 4 rings (SSSR count). The molecule has 1 amide bonds. The molecule has 0 N–H and O–H groups in total. The van der Waals surface area contributed by atoms with Gasteiger partial charge >= 0.3 is 0 Å². The lowest BCUT2D eigenvalue weighted by Gasteiger charge is -2.35. The lowest BCUT2D eigenvalue weighted by molar-refractivity contribution is -0.133. The van der Waals surface area contributed by atoms with Gasteiger partial charge in [0.2, 0.25) is 0 Å². The molecule has 0 bridgehead atoms. The lowest BCUT2D eigenvalue weighted by atomic mass is 10.0. The van der Waals surface area contributed by atoms with Crippen molar-refractivity contribution in [2.75, 3.05) is 44.8 Å². The maximum Gasteiger partial charge on any atom is 0.260 e. The second-order valence-corrected chi connectivity index (χ2v) is 7.91. The highest BCUT2D eigenvalue weighted by Crippen LogP contribution is 2.22. The summed E-state index contributed by atoms with van der Waals surface area (Å²) in [6.45, 7) is 6.89. The van der Waals surface area contributed by atoms with Crippen LogP contribution in [0.1, 0.15) is 11.1 Å². The van der Waals surface area contributed by atoms with Gasteiger partial charge in [-0.3, -0.25) is 4.79 Å². The summed E-state index contributed by atoms with van der Waals surface area (Å²) in [5.41, 5.74) is 4.43. The highest BCUT2D eigenvalue weighted by molar-refractivity contribution is 5.78. The molecule has 7 nitrogen and oxygen atoms in total. The van der Waals surface area contributed by atoms with Crippen molar-refractivity contribution in [1.82, 2.24) is 15.1 Å². The molecule has 1 aliphatic rings. The van der Waals surface area contributed by atoms with Gasteiger partial charge in [-0.05, 0) is 55.3 Å². The summed E-state index contributed by atoms with van der Waals surface area (Å²) >= 11 is 0. The van der Waals surface area contributed by atoms with E-state index in [1.807, 2.05) is 35.2 Å². The average Bonchev–Trinajstić information content (AvgIpc) is 2.84. The van der Waals surface area contributed by atoms with Crippen LogP contribution in [-0.2, 0) is 4.79 Å². The van der Waals surface area contributed by atoms with Crippen LogP contribution in [0.3, 0.4) is 0 Å². The molecule has 0 atom stereocenters. The third-order valence-electron chi connectivity index (χ3n) is 5.81. The van der Waals surface area contributed by atoms with Crippen LogP contribution >= 0.6 is 0 Å². The number of benzene rings is 2. The fourth-order valence-electron chi connectivity index (χ4n) is 3.66. The summed E-state index contributed by atoms with van der Waals surface area (Å²) in [7, 11) is 1.60. The number of hydrogen-bond donors (Lipinski definition) is 0. The topological polar surface area (TPSA) is 67.8 Å². The number of amides is 1. The van der Waals surface area contributed by atoms with Crippen molar-refractivity contribution in [2.45, 2.75) is 13.8 Å². The van der Waals surface area contributed by atoms with E-state index in [0.29, 0.717) is 37.7 Å². The average molecular weight is 433 g/mol. The Hall–Kier alpha value is -3.61. The number of anilines is 1. The van der Waals surface area contributed by atoms with Crippen molar-refractivity contribution < 1.29 is 14.3 Å². The Balaban J connectivity index is 1.30. The molecule has 1 fully saturated rings. The normalized spacial score (nSPS) is 13.7. The largest absolute Gasteiger partial charge is 0.497 e. The molecule has 2 heterocycles. The van der Waals surface area contributed by atoms with E-state index in [2.05, 4.69) is 47.1 Å². The zero-order chi connectivity index (χ0) is 22.5. The van der Waals surface area contributed by atoms with Crippen LogP contribution in [0.2, 0.25) is 0 Å². The minimum absolute atomic E-state index is 0.0115. The first-order chi connectivity index (χ1) is 15.5. The number of piperazine rings is 1. The number of nitrogens with zero attached hydrogens (tertiary/aromatic N) is 4. The van der Waals surface area contributed by atoms with Gasteiger partial charge in [0.1, 0.15) is 11.5 Å². The molecule has 0 spiro atoms. The lowest BCUT2D eigenvalue weighted by Crippen LogP contribution is -2.50. The van der Waals surface area contributed by atoms with Gasteiger partial charge in [0, 0.05) is 37.8 Å². The number of rotatable bonds is 6. The molecular weight excluding hydrogens is 404 g/mol. The van der Waals surface area contributed by atoms with E-state index >= 15 is 0 Å². The summed E-state index contributed by atoms with van der Waals surface area (Å²) in [4.78, 5) is 16.5. The second-order valence-electron chi connectivity index (χ2n) is 7.91. The molecule has 1 aromatic heterocycles. The van der Waals surface area contributed by atoms with Gasteiger partial charge < -0.3 is 19.3 Å². The molecule has 166 valence electrons. The molecule has 0 radical (unpaired) electrons. The molecule has 3 aromatic rings. The maximum atomic E-state index is 12.5. The predicted molar refractivity (Wildman–Crippen MR) is 124 cm³/mol. The number of aryl methyl sites for hydroxylation is 2. The maximum absolute atomic E-state index is 12.5. The van der Waals surface area contributed by atoms with E-state index in [9.17, 15) is 4.79 Å². The number of methoxy groups -OCH3 is 1. The first-order valence-corrected chi connectivity index (χ1v) is 10.7. The Kier molecular flexibility index (Phi) is 6.54. The van der Waals surface area contributed by atoms with E-state index in [1.165, 1.54) is 11.1 Å². The van der Waals surface area contributed by atoms with Gasteiger partial charge in [0.05, 0.1) is 12.8 Å². The zero-order valence-electron chi connectivity index (χ0n) is 18.7. The van der Waals surface area contributed by atoms with Crippen molar-refractivity contribution in [3.05, 3.63) is 65.7 Å². The molecule has 0 aliphatic carbocycles. The monoisotopic (exact) mass is 432 g/mol. The number of ether oxygens (including phenoxy) is 2. The van der Waals surface area contributed by atoms with E-state index in [-0.39, 0.29) is 12.5 Å². The van der Waals surface area contributed by atoms with Gasteiger partial charge in [-0.15, -0.1) is 10.2 Å². The summed E-state index contributed by atoms with van der Waals surface area (Å²) in [5.74, 6) is 2.13. The van der Waals surface area contributed by atoms with Crippen molar-refractivity contribution in [2.24, 2.45) is 0 Å². The Morgan fingerprint density at radius 2 is 1.69 bits per heavy atom. The first-order valence-electron chi connectivity index (χ1n) is 10.7. The Labute approximate surface area is 188 Å². The fourth-order valence-corrected chi connectivity index (χ4v) is 3.66. The highest BCUT2D eigenvalue weighted by Gasteiger charge is 2.22. The van der Waals surface area contributed by atoms with Gasteiger partial charge in [0.15, 0.2) is 12.4 Å². The summed E-state index contributed by atoms with van der Waals surface area (Å²) in [6.07, 6.45) is 0. The summed E-state index contributed by atoms with van der Waals surface area (Å²) in [5, 5.41) is 8.85. The smallest absolute Gasteiger partial charge is 0.260 e. The second kappa shape index (κ2) is 9.68. The molecule has 0 unspecified atom stereocenters. The van der Waals surface area contributed by atoms with Gasteiger partial charge in [-0.1, -0.05) is 18.2 Å². The van der Waals surface area contributed by atoms with E-state index < -0.39 is 0 Å². The van der Waals surface area contributed by atoms with Crippen LogP contribution in [0.5, 0.6) is 11.5 Å². The quantitative estimate of drug-likeness (QED) is 0.594. The molecule has 1 aliphatic heterocycles. The third-order valence-corrected chi connectivity index (χ3v) is 5.81. The van der Waals surface area contributed by atoms with E-state index in [1.54, 1.807) is 13.2 Å². The van der Waals surface area contributed by atoms with Crippen LogP contribution in [0.4, 0.5) is 5.82 Å². The molecule has 7 heteroatoms. The fraction of sp³-hybridized carbons (Fsp3) is 0.320. The van der Waals surface area contributed by atoms with Crippen LogP contribution < -0.4 is 14.4 Å². The SMILES string of the molecule is COc1cccc(OCC(=O)N2CCN(c3ccc(-c4ccc(C)c(C)c4)nn3)CC2)c1. The summed E-state index contributed by atoms with van der Waals surface area (Å²) < 4.78 is 10.8. The predicted octanol–water partition coefficient (Wildman–Crippen LogP) is 3.50. The molecule has 2 aromatic carbocycles. The Morgan fingerprint density at radius 3 is 2.38 bits per heavy atom. The van der Waals surface area contributed by atoms with Crippen LogP contribution in [-0.4, -0.2) is 60.9 Å². The number of hydrogen-bond acceptors (Lipinski definition) is 6. The Morgan fingerprint density at radius 1 is 0.906 bits per heavy atom. The van der Waals surface area contributed by atoms with Gasteiger partial charge in [-0.25, -0.2) is 0 Å². The zero-order valence-corrected chi connectivity index (χ0v) is 18.7. The summed E-state index contributed by atoms with van der Waals surface area (Å²) in [6, 6.07) is 17.6. The number of carbonyl (C=O) groups is 1. The van der Waals surface area contributed by atoms with Crippen molar-refractivity contribution in [3.63, 3.8) is 0 Å². The van der Waals surface area contributed by atoms with Crippen LogP contribution in [0.15, 0.2) is 54.6 Å². The molecule has 1 saturated heterocycles. The van der Waals surface area contributed by atoms with Crippen molar-refractivity contribution >= 4 is 11.7 Å². The van der Waals surface area contributed by atoms with Crippen molar-refractivity contribution in [1.29, 1.82) is 0 Å². The molecule has 32 heavy (non-hydrogen) atoms. The number of carbonyl (C=O) groups excluding carboxylic acids is 1. The standard InChI is InChI=1S/C25H28N4O3/c1-18-7-8-20(15-19(18)2)23-9-10-24(27-26-23)28-11-13-29(14-12-28)25(30)17-32-22-6-4-5-21(16-22)31-3/h4-10,15-16H,11-14,17H2,1-3H3. The molecular formula is C25H28N4O3. The third kappa shape index (κ3) is 4.99. The van der Waals surface area contributed by atoms with Crippen LogP contribution in [0.25, 0.3) is 11.3 Å². The minimum atomic E-state index is -0.0244. The van der Waals surface area contributed by atoms with E-state index in [0.717, 1.165) is 17.1 Å². The Bertz CT molecular complexity index is 1080. The van der Waals surface area contributed by atoms with Gasteiger partial charge in [-0.2, -0.15) is 0 Å². The molecule has 0 saturated carbocycles. The van der Waals surface area contributed by atoms with Gasteiger partial charge in [0.25, 0.3) is 5.91 Å².